The number of amides is 1. The second kappa shape index (κ2) is 6.16. The number of aliphatic hydroxyl groups is 1. The summed E-state index contributed by atoms with van der Waals surface area (Å²) in [6.07, 6.45) is 0. The number of carbonyl (C=O) groups excluding carboxylic acids is 1. The number of aliphatic hydroxyl groups excluding tert-OH is 1. The van der Waals surface area contributed by atoms with Gasteiger partial charge in [0, 0.05) is 0 Å². The molecule has 0 aromatic heterocycles. The van der Waals surface area contributed by atoms with Crippen molar-refractivity contribution in [3.63, 3.8) is 0 Å². The molecule has 0 fully saturated rings. The molecule has 0 bridgehead atoms. The van der Waals surface area contributed by atoms with Crippen LogP contribution in [0.15, 0.2) is 48.5 Å². The highest BCUT2D eigenvalue weighted by Gasteiger charge is 2.17. The van der Waals surface area contributed by atoms with E-state index in [1.807, 2.05) is 6.07 Å². The molecular formula is C15H15FN2O2. The Labute approximate surface area is 116 Å². The smallest absolute Gasteiger partial charge is 0.254 e. The van der Waals surface area contributed by atoms with Gasteiger partial charge in [0.2, 0.25) is 0 Å². The minimum Gasteiger partial charge on any atom is -0.396 e. The minimum atomic E-state index is -0.641. The van der Waals surface area contributed by atoms with Crippen molar-refractivity contribution in [3.05, 3.63) is 65.5 Å². The van der Waals surface area contributed by atoms with Gasteiger partial charge in [-0.2, -0.15) is 0 Å². The van der Waals surface area contributed by atoms with Crippen LogP contribution in [0, 0.1) is 5.82 Å². The van der Waals surface area contributed by atoms with Crippen molar-refractivity contribution in [2.45, 2.75) is 6.04 Å². The fourth-order valence-electron chi connectivity index (χ4n) is 1.89. The van der Waals surface area contributed by atoms with Crippen molar-refractivity contribution in [1.29, 1.82) is 0 Å². The molecule has 104 valence electrons. The van der Waals surface area contributed by atoms with Crippen molar-refractivity contribution in [3.8, 4) is 0 Å². The van der Waals surface area contributed by atoms with E-state index in [9.17, 15) is 14.3 Å². The molecule has 0 aliphatic rings. The summed E-state index contributed by atoms with van der Waals surface area (Å²) in [5.41, 5.74) is 6.16. The van der Waals surface area contributed by atoms with Crippen LogP contribution in [0.1, 0.15) is 22.0 Å². The first-order chi connectivity index (χ1) is 9.63. The first kappa shape index (κ1) is 14.0. The van der Waals surface area contributed by atoms with Gasteiger partial charge in [-0.1, -0.05) is 36.4 Å². The van der Waals surface area contributed by atoms with E-state index in [0.29, 0.717) is 0 Å². The quantitative estimate of drug-likeness (QED) is 0.745. The van der Waals surface area contributed by atoms with Crippen LogP contribution in [0.25, 0.3) is 0 Å². The highest BCUT2D eigenvalue weighted by Crippen LogP contribution is 2.18. The van der Waals surface area contributed by atoms with Crippen LogP contribution in [0.4, 0.5) is 10.1 Å². The Morgan fingerprint density at radius 3 is 2.55 bits per heavy atom. The molecule has 0 heterocycles. The maximum Gasteiger partial charge on any atom is 0.254 e. The Morgan fingerprint density at radius 1 is 1.20 bits per heavy atom. The number of hydrogen-bond donors (Lipinski definition) is 3. The van der Waals surface area contributed by atoms with Gasteiger partial charge >= 0.3 is 0 Å². The fourth-order valence-corrected chi connectivity index (χ4v) is 1.89. The molecule has 0 aliphatic carbocycles. The molecule has 0 spiro atoms. The maximum absolute atomic E-state index is 13.3. The molecule has 2 aromatic carbocycles. The van der Waals surface area contributed by atoms with Crippen LogP contribution in [0.3, 0.4) is 0 Å². The van der Waals surface area contributed by atoms with Gasteiger partial charge in [-0.25, -0.2) is 4.39 Å². The van der Waals surface area contributed by atoms with E-state index in [0.717, 1.165) is 5.56 Å². The van der Waals surface area contributed by atoms with Crippen molar-refractivity contribution in [1.82, 2.24) is 5.32 Å². The molecule has 2 rings (SSSR count). The summed E-state index contributed by atoms with van der Waals surface area (Å²) in [4.78, 5) is 12.1. The lowest BCUT2D eigenvalue weighted by atomic mass is 10.1. The fraction of sp³-hybridized carbons (Fsp3) is 0.133. The highest BCUT2D eigenvalue weighted by molar-refractivity contribution is 5.99. The predicted molar refractivity (Wildman–Crippen MR) is 74.5 cm³/mol. The zero-order valence-corrected chi connectivity index (χ0v) is 10.7. The maximum atomic E-state index is 13.3. The molecule has 4 nitrogen and oxygen atoms in total. The second-order valence-corrected chi connectivity index (χ2v) is 4.32. The second-order valence-electron chi connectivity index (χ2n) is 4.32. The number of rotatable bonds is 4. The average molecular weight is 274 g/mol. The Bertz CT molecular complexity index is 602. The number of halogens is 1. The molecule has 1 atom stereocenters. The van der Waals surface area contributed by atoms with Gasteiger partial charge in [-0.05, 0) is 17.7 Å². The van der Waals surface area contributed by atoms with Gasteiger partial charge in [-0.3, -0.25) is 4.79 Å². The Morgan fingerprint density at radius 2 is 1.90 bits per heavy atom. The van der Waals surface area contributed by atoms with Crippen LogP contribution in [-0.4, -0.2) is 17.6 Å². The Kier molecular flexibility index (Phi) is 4.32. The third-order valence-electron chi connectivity index (χ3n) is 2.99. The number of nitrogen functional groups attached to an aromatic ring is 1. The molecule has 4 N–H and O–H groups in total. The zero-order chi connectivity index (χ0) is 14.5. The van der Waals surface area contributed by atoms with Gasteiger partial charge in [0.25, 0.3) is 5.91 Å². The summed E-state index contributed by atoms with van der Waals surface area (Å²) < 4.78 is 13.3. The number of carbonyl (C=O) groups is 1. The lowest BCUT2D eigenvalue weighted by Crippen LogP contribution is -2.31. The molecule has 0 aliphatic heterocycles. The molecule has 0 saturated carbocycles. The van der Waals surface area contributed by atoms with Gasteiger partial charge in [0.1, 0.15) is 5.82 Å². The molecule has 2 aromatic rings. The normalized spacial score (nSPS) is 11.9. The van der Waals surface area contributed by atoms with Gasteiger partial charge < -0.3 is 16.2 Å². The number of anilines is 1. The Hall–Kier alpha value is -2.40. The lowest BCUT2D eigenvalue weighted by Gasteiger charge is -2.17. The highest BCUT2D eigenvalue weighted by atomic mass is 19.1. The zero-order valence-electron chi connectivity index (χ0n) is 10.7. The van der Waals surface area contributed by atoms with Crippen LogP contribution in [-0.2, 0) is 0 Å². The molecule has 5 heteroatoms. The van der Waals surface area contributed by atoms with Crippen LogP contribution >= 0.6 is 0 Å². The molecule has 1 unspecified atom stereocenters. The summed E-state index contributed by atoms with van der Waals surface area (Å²) in [6.45, 7) is -0.259. The van der Waals surface area contributed by atoms with E-state index in [-0.39, 0.29) is 17.9 Å². The van der Waals surface area contributed by atoms with Crippen molar-refractivity contribution in [2.24, 2.45) is 0 Å². The van der Waals surface area contributed by atoms with Gasteiger partial charge in [0.15, 0.2) is 0 Å². The lowest BCUT2D eigenvalue weighted by molar-refractivity contribution is 0.0916. The van der Waals surface area contributed by atoms with Gasteiger partial charge in [0.05, 0.1) is 23.9 Å². The monoisotopic (exact) mass is 274 g/mol. The molecule has 20 heavy (non-hydrogen) atoms. The largest absolute Gasteiger partial charge is 0.396 e. The van der Waals surface area contributed by atoms with E-state index < -0.39 is 17.8 Å². The molecule has 0 radical (unpaired) electrons. The summed E-state index contributed by atoms with van der Waals surface area (Å²) in [5, 5.41) is 12.0. The number of nitrogens with two attached hydrogens (primary N) is 1. The summed E-state index contributed by atoms with van der Waals surface area (Å²) in [6, 6.07) is 12.5. The Balaban J connectivity index is 2.20. The average Bonchev–Trinajstić information content (AvgIpc) is 2.48. The van der Waals surface area contributed by atoms with E-state index in [1.165, 1.54) is 18.2 Å². The third-order valence-corrected chi connectivity index (χ3v) is 2.99. The van der Waals surface area contributed by atoms with Crippen LogP contribution < -0.4 is 11.1 Å². The van der Waals surface area contributed by atoms with E-state index in [2.05, 4.69) is 5.32 Å². The number of para-hydroxylation sites is 1. The standard InChI is InChI=1S/C15H15FN2O2/c16-12-8-4-7-11(14(12)17)15(20)18-13(9-19)10-5-2-1-3-6-10/h1-8,13,19H,9,17H2,(H,18,20). The SMILES string of the molecule is Nc1c(F)cccc1C(=O)NC(CO)c1ccccc1. The van der Waals surface area contributed by atoms with Crippen LogP contribution in [0.2, 0.25) is 0 Å². The molecular weight excluding hydrogens is 259 g/mol. The number of hydrogen-bond acceptors (Lipinski definition) is 3. The van der Waals surface area contributed by atoms with Crippen molar-refractivity contribution < 1.29 is 14.3 Å². The predicted octanol–water partition coefficient (Wildman–Crippen LogP) is 1.87. The van der Waals surface area contributed by atoms with Crippen molar-refractivity contribution >= 4 is 11.6 Å². The first-order valence-corrected chi connectivity index (χ1v) is 6.14. The summed E-state index contributed by atoms with van der Waals surface area (Å²) in [7, 11) is 0. The van der Waals surface area contributed by atoms with E-state index in [4.69, 9.17) is 5.73 Å². The van der Waals surface area contributed by atoms with E-state index in [1.54, 1.807) is 24.3 Å². The molecule has 1 amide bonds. The van der Waals surface area contributed by atoms with Crippen molar-refractivity contribution in [2.75, 3.05) is 12.3 Å². The summed E-state index contributed by atoms with van der Waals surface area (Å²) >= 11 is 0. The third kappa shape index (κ3) is 2.95. The number of nitrogens with one attached hydrogen (secondary N) is 1. The van der Waals surface area contributed by atoms with Crippen LogP contribution in [0.5, 0.6) is 0 Å². The minimum absolute atomic E-state index is 0.0550. The summed E-state index contributed by atoms with van der Waals surface area (Å²) in [5.74, 6) is -1.16. The first-order valence-electron chi connectivity index (χ1n) is 6.14. The van der Waals surface area contributed by atoms with Gasteiger partial charge in [-0.15, -0.1) is 0 Å². The number of benzene rings is 2. The molecule has 0 saturated heterocycles. The van der Waals surface area contributed by atoms with E-state index >= 15 is 0 Å². The topological polar surface area (TPSA) is 75.4 Å².